The quantitative estimate of drug-likeness (QED) is 0.462. The van der Waals surface area contributed by atoms with Crippen molar-refractivity contribution in [2.24, 2.45) is 0 Å². The lowest BCUT2D eigenvalue weighted by atomic mass is 10.2. The van der Waals surface area contributed by atoms with Gasteiger partial charge >= 0.3 is 0 Å². The van der Waals surface area contributed by atoms with E-state index in [1.54, 1.807) is 18.2 Å². The first-order valence-corrected chi connectivity index (χ1v) is 5.91. The molecule has 1 unspecified atom stereocenters. The molecule has 0 bridgehead atoms. The smallest absolute Gasteiger partial charge is 0.269 e. The highest BCUT2D eigenvalue weighted by Gasteiger charge is 2.03. The van der Waals surface area contributed by atoms with Gasteiger partial charge in [-0.3, -0.25) is 14.9 Å². The monoisotopic (exact) mass is 264 g/mol. The number of nitro benzene ring substituents is 1. The van der Waals surface area contributed by atoms with Crippen LogP contribution < -0.4 is 5.32 Å². The van der Waals surface area contributed by atoms with Crippen LogP contribution in [0.2, 0.25) is 0 Å². The second-order valence-electron chi connectivity index (χ2n) is 3.99. The van der Waals surface area contributed by atoms with E-state index in [1.165, 1.54) is 18.2 Å². The molecule has 2 N–H and O–H groups in total. The van der Waals surface area contributed by atoms with Gasteiger partial charge in [-0.05, 0) is 30.2 Å². The Morgan fingerprint density at radius 2 is 2.11 bits per heavy atom. The zero-order valence-corrected chi connectivity index (χ0v) is 10.6. The van der Waals surface area contributed by atoms with Crippen molar-refractivity contribution < 1.29 is 14.8 Å². The molecule has 1 aromatic carbocycles. The summed E-state index contributed by atoms with van der Waals surface area (Å²) in [6.07, 6.45) is 2.91. The average molecular weight is 264 g/mol. The van der Waals surface area contributed by atoms with Gasteiger partial charge in [-0.25, -0.2) is 0 Å². The number of aliphatic hydroxyl groups excluding tert-OH is 1. The normalized spacial score (nSPS) is 12.3. The fourth-order valence-electron chi connectivity index (χ4n) is 1.30. The van der Waals surface area contributed by atoms with Gasteiger partial charge in [-0.15, -0.1) is 0 Å². The van der Waals surface area contributed by atoms with Crippen LogP contribution in [0.1, 0.15) is 18.9 Å². The molecule has 19 heavy (non-hydrogen) atoms. The highest BCUT2D eigenvalue weighted by Crippen LogP contribution is 2.12. The molecule has 0 aliphatic rings. The van der Waals surface area contributed by atoms with Gasteiger partial charge < -0.3 is 10.4 Å². The van der Waals surface area contributed by atoms with Crippen molar-refractivity contribution in [1.29, 1.82) is 0 Å². The predicted molar refractivity (Wildman–Crippen MR) is 71.4 cm³/mol. The topological polar surface area (TPSA) is 92.5 Å². The average Bonchev–Trinajstić information content (AvgIpc) is 2.42. The standard InChI is InChI=1S/C13H16N2O4/c1-2-12(16)9-14-13(17)8-5-10-3-6-11(7-4-10)15(18)19/h3-8,12,16H,2,9H2,1H3,(H,14,17)/b8-5+. The minimum absolute atomic E-state index is 0.00710. The van der Waals surface area contributed by atoms with E-state index in [0.29, 0.717) is 12.0 Å². The maximum Gasteiger partial charge on any atom is 0.269 e. The number of hydrogen-bond donors (Lipinski definition) is 2. The van der Waals surface area contributed by atoms with E-state index in [1.807, 2.05) is 6.92 Å². The molecule has 1 atom stereocenters. The van der Waals surface area contributed by atoms with Gasteiger partial charge in [-0.2, -0.15) is 0 Å². The molecule has 0 aromatic heterocycles. The summed E-state index contributed by atoms with van der Waals surface area (Å²) in [4.78, 5) is 21.4. The van der Waals surface area contributed by atoms with Gasteiger partial charge in [0.15, 0.2) is 0 Å². The van der Waals surface area contributed by atoms with Gasteiger partial charge in [0, 0.05) is 24.8 Å². The number of aliphatic hydroxyl groups is 1. The molecule has 0 aliphatic carbocycles. The number of carbonyl (C=O) groups excluding carboxylic acids is 1. The number of hydrogen-bond acceptors (Lipinski definition) is 4. The number of non-ortho nitro benzene ring substituents is 1. The summed E-state index contributed by atoms with van der Waals surface area (Å²) in [7, 11) is 0. The molecule has 0 heterocycles. The van der Waals surface area contributed by atoms with Crippen LogP contribution in [0.3, 0.4) is 0 Å². The largest absolute Gasteiger partial charge is 0.391 e. The van der Waals surface area contributed by atoms with Crippen LogP contribution in [0.4, 0.5) is 5.69 Å². The molecule has 1 amide bonds. The number of carbonyl (C=O) groups is 1. The first-order valence-electron chi connectivity index (χ1n) is 5.91. The minimum atomic E-state index is -0.545. The van der Waals surface area contributed by atoms with E-state index in [4.69, 9.17) is 0 Å². The zero-order chi connectivity index (χ0) is 14.3. The zero-order valence-electron chi connectivity index (χ0n) is 10.6. The van der Waals surface area contributed by atoms with E-state index >= 15 is 0 Å². The van der Waals surface area contributed by atoms with Crippen molar-refractivity contribution in [3.63, 3.8) is 0 Å². The highest BCUT2D eigenvalue weighted by molar-refractivity contribution is 5.91. The van der Waals surface area contributed by atoms with Crippen molar-refractivity contribution in [3.05, 3.63) is 46.0 Å². The Bertz CT molecular complexity index is 468. The number of amides is 1. The molecule has 0 radical (unpaired) electrons. The molecule has 1 rings (SSSR count). The molecule has 1 aromatic rings. The van der Waals surface area contributed by atoms with Gasteiger partial charge in [0.1, 0.15) is 0 Å². The van der Waals surface area contributed by atoms with E-state index < -0.39 is 11.0 Å². The summed E-state index contributed by atoms with van der Waals surface area (Å²) < 4.78 is 0. The molecular formula is C13H16N2O4. The van der Waals surface area contributed by atoms with E-state index in [9.17, 15) is 20.0 Å². The molecule has 6 heteroatoms. The molecule has 0 spiro atoms. The SMILES string of the molecule is CCC(O)CNC(=O)/C=C/c1ccc([N+](=O)[O-])cc1. The van der Waals surface area contributed by atoms with Gasteiger partial charge in [0.25, 0.3) is 5.69 Å². The first-order chi connectivity index (χ1) is 9.02. The number of nitrogens with one attached hydrogen (secondary N) is 1. The summed E-state index contributed by atoms with van der Waals surface area (Å²) in [6.45, 7) is 2.03. The van der Waals surface area contributed by atoms with Crippen LogP contribution >= 0.6 is 0 Å². The predicted octanol–water partition coefficient (Wildman–Crippen LogP) is 1.50. The van der Waals surface area contributed by atoms with E-state index in [-0.39, 0.29) is 18.1 Å². The number of nitrogens with zero attached hydrogens (tertiary/aromatic N) is 1. The second kappa shape index (κ2) is 7.27. The molecular weight excluding hydrogens is 248 g/mol. The molecule has 0 saturated heterocycles. The molecule has 0 saturated carbocycles. The van der Waals surface area contributed by atoms with Crippen molar-refractivity contribution in [2.75, 3.05) is 6.54 Å². The van der Waals surface area contributed by atoms with Gasteiger partial charge in [-0.1, -0.05) is 6.92 Å². The van der Waals surface area contributed by atoms with Crippen LogP contribution in [0, 0.1) is 10.1 Å². The third-order valence-corrected chi connectivity index (χ3v) is 2.51. The Kier molecular flexibility index (Phi) is 5.69. The first kappa shape index (κ1) is 14.8. The van der Waals surface area contributed by atoms with Crippen LogP contribution in [-0.2, 0) is 4.79 Å². The Morgan fingerprint density at radius 1 is 1.47 bits per heavy atom. The fraction of sp³-hybridized carbons (Fsp3) is 0.308. The van der Waals surface area contributed by atoms with Crippen molar-refractivity contribution in [1.82, 2.24) is 5.32 Å². The summed E-state index contributed by atoms with van der Waals surface area (Å²) in [5, 5.41) is 22.3. The van der Waals surface area contributed by atoms with Crippen LogP contribution in [0.5, 0.6) is 0 Å². The van der Waals surface area contributed by atoms with Crippen LogP contribution in [0.15, 0.2) is 30.3 Å². The van der Waals surface area contributed by atoms with Gasteiger partial charge in [0.2, 0.25) is 5.91 Å². The van der Waals surface area contributed by atoms with Crippen molar-refractivity contribution in [2.45, 2.75) is 19.4 Å². The lowest BCUT2D eigenvalue weighted by Gasteiger charge is -2.07. The van der Waals surface area contributed by atoms with Crippen molar-refractivity contribution >= 4 is 17.7 Å². The minimum Gasteiger partial charge on any atom is -0.391 e. The highest BCUT2D eigenvalue weighted by atomic mass is 16.6. The Morgan fingerprint density at radius 3 is 2.63 bits per heavy atom. The summed E-state index contributed by atoms with van der Waals surface area (Å²) in [5.74, 6) is -0.314. The lowest BCUT2D eigenvalue weighted by Crippen LogP contribution is -2.30. The van der Waals surface area contributed by atoms with Crippen molar-refractivity contribution in [3.8, 4) is 0 Å². The molecule has 0 aliphatic heterocycles. The number of nitro groups is 1. The van der Waals surface area contributed by atoms with E-state index in [2.05, 4.69) is 5.32 Å². The lowest BCUT2D eigenvalue weighted by molar-refractivity contribution is -0.384. The Balaban J connectivity index is 2.51. The molecule has 0 fully saturated rings. The summed E-state index contributed by atoms with van der Waals surface area (Å²) in [6, 6.07) is 5.86. The number of rotatable bonds is 6. The third kappa shape index (κ3) is 5.31. The summed E-state index contributed by atoms with van der Waals surface area (Å²) >= 11 is 0. The van der Waals surface area contributed by atoms with Crippen LogP contribution in [-0.4, -0.2) is 28.6 Å². The van der Waals surface area contributed by atoms with Crippen LogP contribution in [0.25, 0.3) is 6.08 Å². The number of benzene rings is 1. The third-order valence-electron chi connectivity index (χ3n) is 2.51. The Labute approximate surface area is 110 Å². The van der Waals surface area contributed by atoms with Gasteiger partial charge in [0.05, 0.1) is 11.0 Å². The Hall–Kier alpha value is -2.21. The molecule has 6 nitrogen and oxygen atoms in total. The molecule has 102 valence electrons. The van der Waals surface area contributed by atoms with E-state index in [0.717, 1.165) is 0 Å². The summed E-state index contributed by atoms with van der Waals surface area (Å²) in [5.41, 5.74) is 0.699. The fourth-order valence-corrected chi connectivity index (χ4v) is 1.30. The maximum absolute atomic E-state index is 11.4. The second-order valence-corrected chi connectivity index (χ2v) is 3.99. The maximum atomic E-state index is 11.4.